The Morgan fingerprint density at radius 2 is 2.00 bits per heavy atom. The lowest BCUT2D eigenvalue weighted by Gasteiger charge is -2.30. The standard InChI is InChI=1S/C22H23ClN4O5/c23-14-10-27(19-15(28)11-31-20(14)19)22(30)18(12-3-1-2-4-12)26-21(29)17-6-5-16(32-17)13-7-8-24-25-9-13/h5-9,12,14,18-20H,1-4,10-11H2,(H,26,29)/t14-,18-,19+,20+/m0/s1. The van der Waals surface area contributed by atoms with Gasteiger partial charge in [0, 0.05) is 12.1 Å². The molecular formula is C22H23ClN4O5. The quantitative estimate of drug-likeness (QED) is 0.679. The topological polar surface area (TPSA) is 115 Å². The van der Waals surface area contributed by atoms with Crippen LogP contribution in [0.2, 0.25) is 0 Å². The zero-order valence-corrected chi connectivity index (χ0v) is 18.0. The molecule has 10 heteroatoms. The highest BCUT2D eigenvalue weighted by molar-refractivity contribution is 6.22. The van der Waals surface area contributed by atoms with Gasteiger partial charge in [-0.15, -0.1) is 11.6 Å². The molecule has 0 radical (unpaired) electrons. The molecule has 168 valence electrons. The molecule has 2 saturated heterocycles. The number of fused-ring (bicyclic) bond motifs is 1. The second-order valence-corrected chi connectivity index (χ2v) is 9.04. The smallest absolute Gasteiger partial charge is 0.287 e. The maximum absolute atomic E-state index is 13.6. The summed E-state index contributed by atoms with van der Waals surface area (Å²) in [6.07, 6.45) is 6.24. The Hall–Kier alpha value is -2.78. The number of likely N-dealkylation sites (tertiary alicyclic amines) is 1. The zero-order chi connectivity index (χ0) is 22.2. The second-order valence-electron chi connectivity index (χ2n) is 8.48. The number of nitrogens with zero attached hydrogens (tertiary/aromatic N) is 3. The Kier molecular flexibility index (Phi) is 5.69. The van der Waals surface area contributed by atoms with Crippen molar-refractivity contribution < 1.29 is 23.5 Å². The highest BCUT2D eigenvalue weighted by Gasteiger charge is 2.53. The molecule has 2 aliphatic heterocycles. The lowest BCUT2D eigenvalue weighted by molar-refractivity contribution is -0.139. The molecule has 9 nitrogen and oxygen atoms in total. The number of alkyl halides is 1. The predicted octanol–water partition coefficient (Wildman–Crippen LogP) is 1.81. The molecule has 4 heterocycles. The number of furan rings is 1. The van der Waals surface area contributed by atoms with Crippen molar-refractivity contribution in [2.24, 2.45) is 5.92 Å². The minimum atomic E-state index is -0.753. The molecule has 32 heavy (non-hydrogen) atoms. The van der Waals surface area contributed by atoms with Gasteiger partial charge in [0.2, 0.25) is 5.91 Å². The van der Waals surface area contributed by atoms with Gasteiger partial charge in [0.15, 0.2) is 11.5 Å². The summed E-state index contributed by atoms with van der Waals surface area (Å²) >= 11 is 6.36. The molecule has 2 amide bonds. The van der Waals surface area contributed by atoms with Crippen LogP contribution >= 0.6 is 11.6 Å². The van der Waals surface area contributed by atoms with E-state index in [1.54, 1.807) is 24.4 Å². The van der Waals surface area contributed by atoms with Crippen molar-refractivity contribution in [3.05, 3.63) is 36.4 Å². The van der Waals surface area contributed by atoms with Gasteiger partial charge in [0.1, 0.15) is 30.6 Å². The fraction of sp³-hybridized carbons (Fsp3) is 0.500. The van der Waals surface area contributed by atoms with Crippen LogP contribution in [-0.2, 0) is 14.3 Å². The highest BCUT2D eigenvalue weighted by atomic mass is 35.5. The number of aromatic nitrogens is 2. The van der Waals surface area contributed by atoms with E-state index >= 15 is 0 Å². The molecule has 3 aliphatic rings. The lowest BCUT2D eigenvalue weighted by atomic mass is 9.96. The summed E-state index contributed by atoms with van der Waals surface area (Å²) in [7, 11) is 0. The monoisotopic (exact) mass is 458 g/mol. The van der Waals surface area contributed by atoms with Crippen LogP contribution in [0.1, 0.15) is 36.2 Å². The summed E-state index contributed by atoms with van der Waals surface area (Å²) in [5.74, 6) is -0.333. The van der Waals surface area contributed by atoms with Crippen LogP contribution in [0, 0.1) is 5.92 Å². The van der Waals surface area contributed by atoms with Crippen molar-refractivity contribution >= 4 is 29.2 Å². The molecule has 1 aliphatic carbocycles. The van der Waals surface area contributed by atoms with E-state index in [0.29, 0.717) is 11.3 Å². The molecule has 2 aromatic rings. The average Bonchev–Trinajstić information content (AvgIpc) is 3.59. The van der Waals surface area contributed by atoms with E-state index in [1.807, 2.05) is 0 Å². The summed E-state index contributed by atoms with van der Waals surface area (Å²) in [6, 6.07) is 3.54. The van der Waals surface area contributed by atoms with E-state index in [-0.39, 0.29) is 36.5 Å². The molecule has 1 saturated carbocycles. The van der Waals surface area contributed by atoms with Gasteiger partial charge in [-0.1, -0.05) is 12.8 Å². The summed E-state index contributed by atoms with van der Waals surface area (Å²) in [5, 5.41) is 9.98. The first kappa shape index (κ1) is 21.1. The predicted molar refractivity (Wildman–Crippen MR) is 113 cm³/mol. The second kappa shape index (κ2) is 8.63. The van der Waals surface area contributed by atoms with Crippen LogP contribution < -0.4 is 5.32 Å². The van der Waals surface area contributed by atoms with Crippen LogP contribution in [0.25, 0.3) is 11.3 Å². The number of nitrogens with one attached hydrogen (secondary N) is 1. The van der Waals surface area contributed by atoms with Crippen LogP contribution in [0.4, 0.5) is 0 Å². The Bertz CT molecular complexity index is 1020. The van der Waals surface area contributed by atoms with Gasteiger partial charge < -0.3 is 19.4 Å². The maximum atomic E-state index is 13.6. The van der Waals surface area contributed by atoms with Gasteiger partial charge in [0.25, 0.3) is 5.91 Å². The minimum Gasteiger partial charge on any atom is -0.451 e. The van der Waals surface area contributed by atoms with Gasteiger partial charge in [-0.25, -0.2) is 0 Å². The average molecular weight is 459 g/mol. The summed E-state index contributed by atoms with van der Waals surface area (Å²) < 4.78 is 11.2. The number of carbonyl (C=O) groups is 3. The van der Waals surface area contributed by atoms with Crippen LogP contribution in [-0.4, -0.2) is 69.4 Å². The molecule has 5 rings (SSSR count). The highest BCUT2D eigenvalue weighted by Crippen LogP contribution is 2.34. The molecule has 3 fully saturated rings. The third-order valence-corrected chi connectivity index (χ3v) is 6.91. The van der Waals surface area contributed by atoms with Gasteiger partial charge >= 0.3 is 0 Å². The van der Waals surface area contributed by atoms with Gasteiger partial charge in [0.05, 0.1) is 17.8 Å². The molecule has 1 N–H and O–H groups in total. The van der Waals surface area contributed by atoms with Gasteiger partial charge in [-0.2, -0.15) is 10.2 Å². The minimum absolute atomic E-state index is 0.00414. The largest absolute Gasteiger partial charge is 0.451 e. The number of hydrogen-bond donors (Lipinski definition) is 1. The SMILES string of the molecule is O=C(N[C@H](C(=O)N1C[C@H](Cl)[C@H]2OCC(=O)[C@H]21)C1CCCC1)c1ccc(-c2ccnnc2)o1. The number of ether oxygens (including phenoxy) is 1. The van der Waals surface area contributed by atoms with Crippen molar-refractivity contribution in [1.82, 2.24) is 20.4 Å². The summed E-state index contributed by atoms with van der Waals surface area (Å²) in [5.41, 5.74) is 0.693. The van der Waals surface area contributed by atoms with E-state index in [0.717, 1.165) is 25.7 Å². The first-order valence-corrected chi connectivity index (χ1v) is 11.2. The molecule has 2 aromatic heterocycles. The van der Waals surface area contributed by atoms with Crippen LogP contribution in [0.15, 0.2) is 35.0 Å². The number of Topliss-reactive ketones (excluding diaryl/α,β-unsaturated/α-hetero) is 1. The Morgan fingerprint density at radius 1 is 1.19 bits per heavy atom. The lowest BCUT2D eigenvalue weighted by Crippen LogP contribution is -2.54. The number of ketones is 1. The van der Waals surface area contributed by atoms with E-state index in [1.165, 1.54) is 11.1 Å². The first-order chi connectivity index (χ1) is 15.5. The molecule has 0 unspecified atom stereocenters. The summed E-state index contributed by atoms with van der Waals surface area (Å²) in [4.78, 5) is 40.4. The van der Waals surface area contributed by atoms with Gasteiger partial charge in [-0.05, 0) is 37.0 Å². The third-order valence-electron chi connectivity index (χ3n) is 6.53. The number of amides is 2. The fourth-order valence-corrected chi connectivity index (χ4v) is 5.30. The molecule has 0 spiro atoms. The number of hydrogen-bond acceptors (Lipinski definition) is 7. The first-order valence-electron chi connectivity index (χ1n) is 10.8. The summed E-state index contributed by atoms with van der Waals surface area (Å²) in [6.45, 7) is 0.183. The van der Waals surface area contributed by atoms with Crippen LogP contribution in [0.5, 0.6) is 0 Å². The zero-order valence-electron chi connectivity index (χ0n) is 17.3. The number of rotatable bonds is 5. The Balaban J connectivity index is 1.36. The molecule has 0 bridgehead atoms. The van der Waals surface area contributed by atoms with E-state index in [2.05, 4.69) is 15.5 Å². The van der Waals surface area contributed by atoms with Crippen molar-refractivity contribution in [1.29, 1.82) is 0 Å². The van der Waals surface area contributed by atoms with Crippen molar-refractivity contribution in [3.8, 4) is 11.3 Å². The normalized spacial score (nSPS) is 26.3. The number of carbonyl (C=O) groups excluding carboxylic acids is 3. The van der Waals surface area contributed by atoms with Crippen molar-refractivity contribution in [2.75, 3.05) is 13.2 Å². The van der Waals surface area contributed by atoms with Crippen molar-refractivity contribution in [2.45, 2.75) is 49.2 Å². The number of halogens is 1. The fourth-order valence-electron chi connectivity index (χ4n) is 4.94. The molecule has 4 atom stereocenters. The maximum Gasteiger partial charge on any atom is 0.287 e. The van der Waals surface area contributed by atoms with Gasteiger partial charge in [-0.3, -0.25) is 14.4 Å². The van der Waals surface area contributed by atoms with E-state index < -0.39 is 29.5 Å². The third kappa shape index (κ3) is 3.80. The van der Waals surface area contributed by atoms with E-state index in [4.69, 9.17) is 20.8 Å². The molecular weight excluding hydrogens is 436 g/mol. The van der Waals surface area contributed by atoms with E-state index in [9.17, 15) is 14.4 Å². The Labute approximate surface area is 189 Å². The molecule has 0 aromatic carbocycles. The van der Waals surface area contributed by atoms with Crippen LogP contribution in [0.3, 0.4) is 0 Å². The Morgan fingerprint density at radius 3 is 2.75 bits per heavy atom. The van der Waals surface area contributed by atoms with Crippen molar-refractivity contribution in [3.63, 3.8) is 0 Å².